The zero-order valence-corrected chi connectivity index (χ0v) is 18.4. The number of nitrogens with one attached hydrogen (secondary N) is 1. The summed E-state index contributed by atoms with van der Waals surface area (Å²) in [6, 6.07) is 0. The van der Waals surface area contributed by atoms with Crippen LogP contribution in [0.15, 0.2) is 34.9 Å². The SMILES string of the molecule is CC(C)(C)c1ocnc1CC(C)(C)N(/C=C\N)NCC(C)(C)c1cncs1. The molecule has 0 fully saturated rings. The molecule has 0 unspecified atom stereocenters. The summed E-state index contributed by atoms with van der Waals surface area (Å²) in [7, 11) is 0. The fourth-order valence-corrected chi connectivity index (χ4v) is 3.72. The van der Waals surface area contributed by atoms with Gasteiger partial charge in [0.2, 0.25) is 0 Å². The lowest BCUT2D eigenvalue weighted by Crippen LogP contribution is -2.53. The minimum Gasteiger partial charge on any atom is -0.448 e. The van der Waals surface area contributed by atoms with Crippen molar-refractivity contribution in [2.24, 2.45) is 5.73 Å². The van der Waals surface area contributed by atoms with E-state index in [0.717, 1.165) is 24.4 Å². The summed E-state index contributed by atoms with van der Waals surface area (Å²) >= 11 is 1.68. The van der Waals surface area contributed by atoms with Gasteiger partial charge < -0.3 is 15.2 Å². The van der Waals surface area contributed by atoms with Crippen LogP contribution in [0.5, 0.6) is 0 Å². The molecule has 7 heteroatoms. The quantitative estimate of drug-likeness (QED) is 0.663. The molecule has 0 aliphatic rings. The number of thiazole rings is 1. The zero-order chi connectivity index (χ0) is 20.3. The van der Waals surface area contributed by atoms with Crippen molar-refractivity contribution in [2.75, 3.05) is 6.54 Å². The van der Waals surface area contributed by atoms with Crippen molar-refractivity contribution < 1.29 is 4.42 Å². The van der Waals surface area contributed by atoms with E-state index >= 15 is 0 Å². The number of nitrogens with zero attached hydrogens (tertiary/aromatic N) is 3. The molecule has 3 N–H and O–H groups in total. The zero-order valence-electron chi connectivity index (χ0n) is 17.5. The summed E-state index contributed by atoms with van der Waals surface area (Å²) in [5, 5.41) is 2.07. The third-order valence-electron chi connectivity index (χ3n) is 4.60. The van der Waals surface area contributed by atoms with Crippen LogP contribution in [0.3, 0.4) is 0 Å². The van der Waals surface area contributed by atoms with E-state index in [4.69, 9.17) is 10.2 Å². The maximum Gasteiger partial charge on any atom is 0.181 e. The first-order valence-corrected chi connectivity index (χ1v) is 10.1. The Labute approximate surface area is 166 Å². The molecule has 0 spiro atoms. The molecule has 2 aromatic rings. The van der Waals surface area contributed by atoms with E-state index in [0.29, 0.717) is 0 Å². The molecule has 2 aromatic heterocycles. The summed E-state index contributed by atoms with van der Waals surface area (Å²) < 4.78 is 5.68. The third-order valence-corrected chi connectivity index (χ3v) is 5.74. The number of rotatable bonds is 8. The average molecular weight is 392 g/mol. The monoisotopic (exact) mass is 391 g/mol. The Morgan fingerprint density at radius 1 is 1.22 bits per heavy atom. The van der Waals surface area contributed by atoms with Crippen molar-refractivity contribution in [2.45, 2.75) is 71.3 Å². The van der Waals surface area contributed by atoms with Gasteiger partial charge in [-0.2, -0.15) is 0 Å². The van der Waals surface area contributed by atoms with E-state index in [1.54, 1.807) is 17.5 Å². The Bertz CT molecular complexity index is 741. The summed E-state index contributed by atoms with van der Waals surface area (Å²) in [4.78, 5) is 9.93. The van der Waals surface area contributed by atoms with Gasteiger partial charge >= 0.3 is 0 Å². The molecule has 0 saturated heterocycles. The fraction of sp³-hybridized carbons (Fsp3) is 0.600. The molecule has 27 heavy (non-hydrogen) atoms. The summed E-state index contributed by atoms with van der Waals surface area (Å²) in [6.07, 6.45) is 7.64. The number of aromatic nitrogens is 2. The fourth-order valence-electron chi connectivity index (χ4n) is 2.97. The smallest absolute Gasteiger partial charge is 0.181 e. The van der Waals surface area contributed by atoms with Crippen molar-refractivity contribution in [3.05, 3.63) is 46.8 Å². The Balaban J connectivity index is 2.16. The van der Waals surface area contributed by atoms with Crippen LogP contribution in [-0.2, 0) is 17.3 Å². The minimum atomic E-state index is -0.253. The third kappa shape index (κ3) is 5.32. The second kappa shape index (κ2) is 8.02. The predicted octanol–water partition coefficient (Wildman–Crippen LogP) is 3.96. The highest BCUT2D eigenvalue weighted by molar-refractivity contribution is 7.09. The standard InChI is InChI=1S/C20H33N5OS/c1-18(2,3)17-15(23-13-26-17)10-20(6,7)25(9-8-21)24-12-19(4,5)16-11-22-14-27-16/h8-9,11,13-14,24H,10,12,21H2,1-7H3/b9-8-. The number of hydrazine groups is 1. The Morgan fingerprint density at radius 3 is 2.48 bits per heavy atom. The molecule has 0 amide bonds. The van der Waals surface area contributed by atoms with E-state index < -0.39 is 0 Å². The Hall–Kier alpha value is -1.86. The molecule has 0 aliphatic carbocycles. The molecular weight excluding hydrogens is 358 g/mol. The first-order valence-electron chi connectivity index (χ1n) is 9.20. The van der Waals surface area contributed by atoms with E-state index in [-0.39, 0.29) is 16.4 Å². The van der Waals surface area contributed by atoms with Crippen molar-refractivity contribution in [3.8, 4) is 0 Å². The predicted molar refractivity (Wildman–Crippen MR) is 111 cm³/mol. The van der Waals surface area contributed by atoms with Crippen LogP contribution in [0.1, 0.15) is 64.8 Å². The van der Waals surface area contributed by atoms with Gasteiger partial charge in [-0.25, -0.2) is 10.4 Å². The van der Waals surface area contributed by atoms with Gasteiger partial charge in [0.05, 0.1) is 16.7 Å². The number of nitrogens with two attached hydrogens (primary N) is 1. The number of oxazole rings is 1. The van der Waals surface area contributed by atoms with Crippen LogP contribution in [0.4, 0.5) is 0 Å². The summed E-state index contributed by atoms with van der Waals surface area (Å²) in [6.45, 7) is 15.9. The van der Waals surface area contributed by atoms with Gasteiger partial charge in [0, 0.05) is 47.3 Å². The van der Waals surface area contributed by atoms with Gasteiger partial charge in [-0.1, -0.05) is 34.6 Å². The number of hydrogen-bond acceptors (Lipinski definition) is 7. The maximum atomic E-state index is 5.73. The van der Waals surface area contributed by atoms with E-state index in [1.165, 1.54) is 11.3 Å². The summed E-state index contributed by atoms with van der Waals surface area (Å²) in [5.74, 6) is 0.928. The molecule has 0 atom stereocenters. The highest BCUT2D eigenvalue weighted by Gasteiger charge is 2.32. The van der Waals surface area contributed by atoms with Gasteiger partial charge in [-0.15, -0.1) is 11.3 Å². The Morgan fingerprint density at radius 2 is 1.93 bits per heavy atom. The normalized spacial score (nSPS) is 13.4. The van der Waals surface area contributed by atoms with Crippen molar-refractivity contribution in [1.82, 2.24) is 20.4 Å². The lowest BCUT2D eigenvalue weighted by Gasteiger charge is -2.40. The first kappa shape index (κ1) is 21.4. The second-order valence-electron chi connectivity index (χ2n) is 9.16. The highest BCUT2D eigenvalue weighted by Crippen LogP contribution is 2.30. The topological polar surface area (TPSA) is 80.2 Å². The van der Waals surface area contributed by atoms with Crippen LogP contribution >= 0.6 is 11.3 Å². The van der Waals surface area contributed by atoms with E-state index in [2.05, 4.69) is 68.9 Å². The summed E-state index contributed by atoms with van der Waals surface area (Å²) in [5.41, 5.74) is 11.7. The van der Waals surface area contributed by atoms with Gasteiger partial charge in [0.25, 0.3) is 0 Å². The van der Waals surface area contributed by atoms with Crippen molar-refractivity contribution in [3.63, 3.8) is 0 Å². The largest absolute Gasteiger partial charge is 0.448 e. The molecule has 0 aromatic carbocycles. The van der Waals surface area contributed by atoms with Gasteiger partial charge in [0.15, 0.2) is 6.39 Å². The van der Waals surface area contributed by atoms with Crippen LogP contribution in [0.2, 0.25) is 0 Å². The van der Waals surface area contributed by atoms with Crippen LogP contribution in [0, 0.1) is 0 Å². The molecule has 0 radical (unpaired) electrons. The van der Waals surface area contributed by atoms with Crippen molar-refractivity contribution >= 4 is 11.3 Å². The molecule has 150 valence electrons. The molecule has 0 saturated carbocycles. The molecule has 6 nitrogen and oxygen atoms in total. The van der Waals surface area contributed by atoms with Crippen LogP contribution in [-0.4, -0.2) is 27.1 Å². The van der Waals surface area contributed by atoms with Crippen LogP contribution in [0.25, 0.3) is 0 Å². The van der Waals surface area contributed by atoms with Gasteiger partial charge in [0.1, 0.15) is 5.76 Å². The minimum absolute atomic E-state index is 0.0393. The number of hydrogen-bond donors (Lipinski definition) is 2. The molecule has 0 aliphatic heterocycles. The van der Waals surface area contributed by atoms with E-state index in [9.17, 15) is 0 Å². The maximum absolute atomic E-state index is 5.73. The molecule has 0 bridgehead atoms. The van der Waals surface area contributed by atoms with Crippen molar-refractivity contribution in [1.29, 1.82) is 0 Å². The van der Waals surface area contributed by atoms with E-state index in [1.807, 2.05) is 17.9 Å². The highest BCUT2D eigenvalue weighted by atomic mass is 32.1. The molecule has 2 rings (SSSR count). The Kier molecular flexibility index (Phi) is 6.37. The first-order chi connectivity index (χ1) is 12.5. The average Bonchev–Trinajstić information content (AvgIpc) is 3.21. The second-order valence-corrected chi connectivity index (χ2v) is 10.0. The van der Waals surface area contributed by atoms with Gasteiger partial charge in [-0.3, -0.25) is 4.98 Å². The van der Waals surface area contributed by atoms with Gasteiger partial charge in [-0.05, 0) is 13.8 Å². The lowest BCUT2D eigenvalue weighted by molar-refractivity contribution is 0.108. The molecule has 2 heterocycles. The van der Waals surface area contributed by atoms with Crippen LogP contribution < -0.4 is 11.2 Å². The molecular formula is C20H33N5OS. The lowest BCUT2D eigenvalue weighted by atomic mass is 9.87.